The Morgan fingerprint density at radius 2 is 1.88 bits per heavy atom. The third-order valence-corrected chi connectivity index (χ3v) is 4.46. The van der Waals surface area contributed by atoms with E-state index in [1.165, 1.54) is 29.0 Å². The molecule has 0 bridgehead atoms. The number of nitrogens with zero attached hydrogens (tertiary/aromatic N) is 2. The van der Waals surface area contributed by atoms with Crippen LogP contribution in [0.4, 0.5) is 13.2 Å². The molecule has 0 aromatic heterocycles. The van der Waals surface area contributed by atoms with E-state index in [9.17, 15) is 27.6 Å². The fraction of sp³-hybridized carbons (Fsp3) is 0.500. The van der Waals surface area contributed by atoms with E-state index in [1.54, 1.807) is 0 Å². The monoisotopic (exact) mass is 370 g/mol. The number of carbonyl (C=O) groups excluding carboxylic acids is 3. The molecule has 0 saturated carbocycles. The predicted octanol–water partition coefficient (Wildman–Crippen LogP) is 2.63. The molecule has 5 nitrogen and oxygen atoms in total. The Morgan fingerprint density at radius 3 is 2.46 bits per heavy atom. The molecule has 0 spiro atoms. The Balaban J connectivity index is 1.84. The van der Waals surface area contributed by atoms with Gasteiger partial charge in [0.1, 0.15) is 6.29 Å². The third kappa shape index (κ3) is 5.06. The Kier molecular flexibility index (Phi) is 6.39. The van der Waals surface area contributed by atoms with Crippen LogP contribution in [0, 0.1) is 0 Å². The van der Waals surface area contributed by atoms with Crippen molar-refractivity contribution in [2.45, 2.75) is 44.4 Å². The number of carbonyl (C=O) groups is 3. The van der Waals surface area contributed by atoms with Gasteiger partial charge in [0.15, 0.2) is 0 Å². The molecule has 1 fully saturated rings. The SMILES string of the molecule is CN(Cc1ccc(C(F)(F)F)cc1)C(=O)CCC(=O)N1CCC[C@H]1C=O. The molecule has 26 heavy (non-hydrogen) atoms. The Bertz CT molecular complexity index is 659. The molecule has 2 rings (SSSR count). The number of hydrogen-bond acceptors (Lipinski definition) is 3. The van der Waals surface area contributed by atoms with Gasteiger partial charge in [0, 0.05) is 33.0 Å². The van der Waals surface area contributed by atoms with Crippen molar-refractivity contribution >= 4 is 18.1 Å². The number of amides is 2. The molecule has 142 valence electrons. The van der Waals surface area contributed by atoms with E-state index in [0.29, 0.717) is 18.5 Å². The maximum atomic E-state index is 12.5. The van der Waals surface area contributed by atoms with E-state index in [2.05, 4.69) is 0 Å². The minimum atomic E-state index is -4.39. The van der Waals surface area contributed by atoms with Gasteiger partial charge in [-0.3, -0.25) is 9.59 Å². The molecule has 2 amide bonds. The summed E-state index contributed by atoms with van der Waals surface area (Å²) in [6, 6.07) is 4.21. The molecule has 1 aromatic rings. The summed E-state index contributed by atoms with van der Waals surface area (Å²) in [5.41, 5.74) is -0.170. The molecular weight excluding hydrogens is 349 g/mol. The van der Waals surface area contributed by atoms with E-state index >= 15 is 0 Å². The van der Waals surface area contributed by atoms with Crippen LogP contribution in [-0.4, -0.2) is 47.5 Å². The lowest BCUT2D eigenvalue weighted by Crippen LogP contribution is -2.37. The lowest BCUT2D eigenvalue weighted by molar-refractivity contribution is -0.138. The second-order valence-electron chi connectivity index (χ2n) is 6.38. The molecule has 0 aliphatic carbocycles. The van der Waals surface area contributed by atoms with E-state index in [4.69, 9.17) is 0 Å². The number of likely N-dealkylation sites (tertiary alicyclic amines) is 1. The first-order valence-corrected chi connectivity index (χ1v) is 8.37. The van der Waals surface area contributed by atoms with Gasteiger partial charge in [0.2, 0.25) is 11.8 Å². The highest BCUT2D eigenvalue weighted by molar-refractivity contribution is 5.85. The van der Waals surface area contributed by atoms with Crippen molar-refractivity contribution < 1.29 is 27.6 Å². The van der Waals surface area contributed by atoms with Crippen LogP contribution in [0.15, 0.2) is 24.3 Å². The van der Waals surface area contributed by atoms with Crippen molar-refractivity contribution in [2.75, 3.05) is 13.6 Å². The normalized spacial score (nSPS) is 17.2. The summed E-state index contributed by atoms with van der Waals surface area (Å²) in [6.45, 7) is 0.684. The molecular formula is C18H21F3N2O3. The molecule has 1 aromatic carbocycles. The van der Waals surface area contributed by atoms with Gasteiger partial charge in [-0.15, -0.1) is 0 Å². The van der Waals surface area contributed by atoms with Gasteiger partial charge in [-0.05, 0) is 30.5 Å². The highest BCUT2D eigenvalue weighted by Crippen LogP contribution is 2.29. The first-order valence-electron chi connectivity index (χ1n) is 8.37. The summed E-state index contributed by atoms with van der Waals surface area (Å²) in [4.78, 5) is 38.1. The van der Waals surface area contributed by atoms with Crippen LogP contribution in [0.5, 0.6) is 0 Å². The average molecular weight is 370 g/mol. The van der Waals surface area contributed by atoms with Crippen LogP contribution in [0.1, 0.15) is 36.8 Å². The Hall–Kier alpha value is -2.38. The van der Waals surface area contributed by atoms with Crippen molar-refractivity contribution in [3.8, 4) is 0 Å². The first kappa shape index (κ1) is 19.9. The van der Waals surface area contributed by atoms with Crippen LogP contribution in [0.3, 0.4) is 0 Å². The van der Waals surface area contributed by atoms with Crippen molar-refractivity contribution in [1.29, 1.82) is 0 Å². The number of halogens is 3. The predicted molar refractivity (Wildman–Crippen MR) is 88.0 cm³/mol. The minimum Gasteiger partial charge on any atom is -0.341 e. The lowest BCUT2D eigenvalue weighted by Gasteiger charge is -2.21. The quantitative estimate of drug-likeness (QED) is 0.724. The standard InChI is InChI=1S/C18H21F3N2O3/c1-22(11-13-4-6-14(7-5-13)18(19,20)21)16(25)8-9-17(26)23-10-2-3-15(23)12-24/h4-7,12,15H,2-3,8-11H2,1H3/t15-/m0/s1. The molecule has 0 N–H and O–H groups in total. The number of aldehydes is 1. The summed E-state index contributed by atoms with van der Waals surface area (Å²) in [6.07, 6.45) is -2.20. The molecule has 1 aliphatic rings. The van der Waals surface area contributed by atoms with Crippen LogP contribution in [0.2, 0.25) is 0 Å². The molecule has 1 atom stereocenters. The first-order chi connectivity index (χ1) is 12.2. The largest absolute Gasteiger partial charge is 0.416 e. The van der Waals surface area contributed by atoms with Gasteiger partial charge in [-0.1, -0.05) is 12.1 Å². The zero-order valence-electron chi connectivity index (χ0n) is 14.5. The van der Waals surface area contributed by atoms with E-state index in [0.717, 1.165) is 24.8 Å². The molecule has 1 saturated heterocycles. The van der Waals surface area contributed by atoms with Gasteiger partial charge in [-0.2, -0.15) is 13.2 Å². The van der Waals surface area contributed by atoms with Gasteiger partial charge in [0.25, 0.3) is 0 Å². The fourth-order valence-corrected chi connectivity index (χ4v) is 2.95. The highest BCUT2D eigenvalue weighted by atomic mass is 19.4. The fourth-order valence-electron chi connectivity index (χ4n) is 2.95. The number of alkyl halides is 3. The molecule has 0 unspecified atom stereocenters. The summed E-state index contributed by atoms with van der Waals surface area (Å²) >= 11 is 0. The maximum Gasteiger partial charge on any atom is 0.416 e. The van der Waals surface area contributed by atoms with Crippen molar-refractivity contribution in [2.24, 2.45) is 0 Å². The van der Waals surface area contributed by atoms with Crippen molar-refractivity contribution in [3.63, 3.8) is 0 Å². The highest BCUT2D eigenvalue weighted by Gasteiger charge is 2.30. The summed E-state index contributed by atoms with van der Waals surface area (Å²) in [7, 11) is 1.54. The van der Waals surface area contributed by atoms with Crippen LogP contribution in [-0.2, 0) is 27.1 Å². The van der Waals surface area contributed by atoms with E-state index in [-0.39, 0.29) is 31.2 Å². The summed E-state index contributed by atoms with van der Waals surface area (Å²) in [5.74, 6) is -0.504. The van der Waals surface area contributed by atoms with Gasteiger partial charge in [-0.25, -0.2) is 0 Å². The van der Waals surface area contributed by atoms with Crippen molar-refractivity contribution in [3.05, 3.63) is 35.4 Å². The van der Waals surface area contributed by atoms with Gasteiger partial charge in [0.05, 0.1) is 11.6 Å². The molecule has 0 radical (unpaired) electrons. The topological polar surface area (TPSA) is 57.7 Å². The van der Waals surface area contributed by atoms with Gasteiger partial charge < -0.3 is 14.6 Å². The number of rotatable bonds is 6. The molecule has 1 heterocycles. The second kappa shape index (κ2) is 8.33. The van der Waals surface area contributed by atoms with E-state index < -0.39 is 17.8 Å². The van der Waals surface area contributed by atoms with Crippen LogP contribution < -0.4 is 0 Å². The summed E-state index contributed by atoms with van der Waals surface area (Å²) < 4.78 is 37.6. The average Bonchev–Trinajstić information content (AvgIpc) is 3.07. The smallest absolute Gasteiger partial charge is 0.341 e. The minimum absolute atomic E-state index is 0.00194. The van der Waals surface area contributed by atoms with Gasteiger partial charge >= 0.3 is 6.18 Å². The summed E-state index contributed by atoms with van der Waals surface area (Å²) in [5, 5.41) is 0. The Morgan fingerprint density at radius 1 is 1.23 bits per heavy atom. The zero-order chi connectivity index (χ0) is 19.3. The maximum absolute atomic E-state index is 12.5. The van der Waals surface area contributed by atoms with Crippen molar-refractivity contribution in [1.82, 2.24) is 9.80 Å². The van der Waals surface area contributed by atoms with Crippen LogP contribution in [0.25, 0.3) is 0 Å². The lowest BCUT2D eigenvalue weighted by atomic mass is 10.1. The van der Waals surface area contributed by atoms with E-state index in [1.807, 2.05) is 0 Å². The number of benzene rings is 1. The number of hydrogen-bond donors (Lipinski definition) is 0. The zero-order valence-corrected chi connectivity index (χ0v) is 14.5. The molecule has 8 heteroatoms. The van der Waals surface area contributed by atoms with Crippen LogP contribution >= 0.6 is 0 Å². The second-order valence-corrected chi connectivity index (χ2v) is 6.38. The Labute approximate surface area is 149 Å². The molecule has 1 aliphatic heterocycles. The third-order valence-electron chi connectivity index (χ3n) is 4.46.